The maximum absolute atomic E-state index is 13.0. The maximum Gasteiger partial charge on any atom is 0.205 e. The number of hydrogen-bond donors (Lipinski definition) is 0. The summed E-state index contributed by atoms with van der Waals surface area (Å²) in [6, 6.07) is 17.3. The van der Waals surface area contributed by atoms with E-state index in [-0.39, 0.29) is 39.2 Å². The Kier molecular flexibility index (Phi) is 4.12. The van der Waals surface area contributed by atoms with Crippen molar-refractivity contribution in [2.45, 2.75) is 0 Å². The Labute approximate surface area is 154 Å². The molecule has 0 bridgehead atoms. The molecule has 0 saturated heterocycles. The highest BCUT2D eigenvalue weighted by atomic mass is 16.5. The van der Waals surface area contributed by atoms with E-state index < -0.39 is 0 Å². The third kappa shape index (κ3) is 2.64. The molecule has 0 spiro atoms. The highest BCUT2D eigenvalue weighted by Crippen LogP contribution is 2.39. The molecule has 4 rings (SSSR count). The summed E-state index contributed by atoms with van der Waals surface area (Å²) in [5.74, 6) is 0.189. The standard InChI is InChI=1S/C22H16O5/c1-25-20-15(18(23)13-8-4-3-5-9-13)12-16-19(24)14-10-6-7-11-17(14)27-21(16)22(20)26-2/h3-12H,1-2H3. The number of para-hydroxylation sites is 1. The lowest BCUT2D eigenvalue weighted by atomic mass is 9.99. The smallest absolute Gasteiger partial charge is 0.205 e. The van der Waals surface area contributed by atoms with Crippen LogP contribution >= 0.6 is 0 Å². The van der Waals surface area contributed by atoms with Crippen LogP contribution < -0.4 is 14.9 Å². The summed E-state index contributed by atoms with van der Waals surface area (Å²) < 4.78 is 16.8. The molecule has 27 heavy (non-hydrogen) atoms. The van der Waals surface area contributed by atoms with Crippen LogP contribution in [0.3, 0.4) is 0 Å². The number of rotatable bonds is 4. The molecule has 0 aliphatic rings. The van der Waals surface area contributed by atoms with E-state index in [2.05, 4.69) is 0 Å². The van der Waals surface area contributed by atoms with Gasteiger partial charge in [0.05, 0.1) is 30.6 Å². The van der Waals surface area contributed by atoms with Crippen LogP contribution in [0.4, 0.5) is 0 Å². The van der Waals surface area contributed by atoms with Gasteiger partial charge in [-0.25, -0.2) is 0 Å². The van der Waals surface area contributed by atoms with Gasteiger partial charge < -0.3 is 13.9 Å². The van der Waals surface area contributed by atoms with Crippen molar-refractivity contribution in [3.8, 4) is 11.5 Å². The first-order chi connectivity index (χ1) is 13.2. The van der Waals surface area contributed by atoms with Crippen LogP contribution in [0.2, 0.25) is 0 Å². The maximum atomic E-state index is 13.0. The van der Waals surface area contributed by atoms with Gasteiger partial charge >= 0.3 is 0 Å². The molecule has 0 radical (unpaired) electrons. The van der Waals surface area contributed by atoms with Crippen molar-refractivity contribution in [1.29, 1.82) is 0 Å². The summed E-state index contributed by atoms with van der Waals surface area (Å²) in [5, 5.41) is 0.709. The minimum Gasteiger partial charge on any atom is -0.492 e. The molecular formula is C22H16O5. The molecule has 1 heterocycles. The fourth-order valence-electron chi connectivity index (χ4n) is 3.19. The lowest BCUT2D eigenvalue weighted by molar-refractivity contribution is 0.103. The van der Waals surface area contributed by atoms with Gasteiger partial charge in [0.25, 0.3) is 0 Å². The molecule has 5 heteroatoms. The SMILES string of the molecule is COc1c(C(=O)c2ccccc2)cc2c(=O)c3ccccc3oc2c1OC. The molecule has 0 amide bonds. The number of ether oxygens (including phenoxy) is 2. The molecule has 0 aliphatic heterocycles. The van der Waals surface area contributed by atoms with E-state index in [1.165, 1.54) is 20.3 Å². The predicted octanol–water partition coefficient (Wildman–Crippen LogP) is 4.19. The second-order valence-electron chi connectivity index (χ2n) is 5.99. The van der Waals surface area contributed by atoms with E-state index in [1.807, 2.05) is 6.07 Å². The summed E-state index contributed by atoms with van der Waals surface area (Å²) in [6.45, 7) is 0. The summed E-state index contributed by atoms with van der Waals surface area (Å²) in [5.41, 5.74) is 1.20. The van der Waals surface area contributed by atoms with Gasteiger partial charge in [0.1, 0.15) is 5.58 Å². The number of fused-ring (bicyclic) bond motifs is 2. The molecule has 0 unspecified atom stereocenters. The number of hydrogen-bond acceptors (Lipinski definition) is 5. The topological polar surface area (TPSA) is 65.7 Å². The molecular weight excluding hydrogens is 344 g/mol. The zero-order chi connectivity index (χ0) is 19.0. The Morgan fingerprint density at radius 2 is 1.52 bits per heavy atom. The molecule has 1 aromatic heterocycles. The van der Waals surface area contributed by atoms with Crippen molar-refractivity contribution in [3.63, 3.8) is 0 Å². The van der Waals surface area contributed by atoms with Crippen molar-refractivity contribution < 1.29 is 18.7 Å². The molecule has 0 aliphatic carbocycles. The molecule has 5 nitrogen and oxygen atoms in total. The monoisotopic (exact) mass is 360 g/mol. The molecule has 0 fully saturated rings. The van der Waals surface area contributed by atoms with Crippen LogP contribution in [0.25, 0.3) is 21.9 Å². The van der Waals surface area contributed by atoms with E-state index in [0.717, 1.165) is 0 Å². The van der Waals surface area contributed by atoms with E-state index in [4.69, 9.17) is 13.9 Å². The second-order valence-corrected chi connectivity index (χ2v) is 5.99. The van der Waals surface area contributed by atoms with Gasteiger partial charge in [-0.05, 0) is 18.2 Å². The van der Waals surface area contributed by atoms with Gasteiger partial charge in [0, 0.05) is 5.56 Å². The Morgan fingerprint density at radius 1 is 0.852 bits per heavy atom. The van der Waals surface area contributed by atoms with Crippen molar-refractivity contribution in [3.05, 3.63) is 82.0 Å². The van der Waals surface area contributed by atoms with E-state index in [1.54, 1.807) is 48.5 Å². The summed E-state index contributed by atoms with van der Waals surface area (Å²) in [4.78, 5) is 26.0. The number of carbonyl (C=O) groups is 1. The van der Waals surface area contributed by atoms with Gasteiger partial charge in [0.2, 0.25) is 11.2 Å². The van der Waals surface area contributed by atoms with Gasteiger partial charge in [-0.1, -0.05) is 42.5 Å². The van der Waals surface area contributed by atoms with Crippen LogP contribution in [0.15, 0.2) is 69.9 Å². The first kappa shape index (κ1) is 16.8. The van der Waals surface area contributed by atoms with Crippen LogP contribution in [0, 0.1) is 0 Å². The summed E-state index contributed by atoms with van der Waals surface area (Å²) >= 11 is 0. The molecule has 0 N–H and O–H groups in total. The number of methoxy groups -OCH3 is 2. The Bertz CT molecular complexity index is 1220. The Morgan fingerprint density at radius 3 is 2.22 bits per heavy atom. The quantitative estimate of drug-likeness (QED) is 0.403. The van der Waals surface area contributed by atoms with Gasteiger partial charge in [-0.2, -0.15) is 0 Å². The fraction of sp³-hybridized carbons (Fsp3) is 0.0909. The zero-order valence-electron chi connectivity index (χ0n) is 14.8. The van der Waals surface area contributed by atoms with E-state index in [0.29, 0.717) is 16.5 Å². The third-order valence-electron chi connectivity index (χ3n) is 4.47. The zero-order valence-corrected chi connectivity index (χ0v) is 14.8. The Balaban J connectivity index is 2.11. The lowest BCUT2D eigenvalue weighted by Crippen LogP contribution is -2.09. The van der Waals surface area contributed by atoms with Crippen molar-refractivity contribution in [1.82, 2.24) is 0 Å². The minimum atomic E-state index is -0.264. The number of benzene rings is 3. The lowest BCUT2D eigenvalue weighted by Gasteiger charge is -2.14. The van der Waals surface area contributed by atoms with Crippen molar-refractivity contribution in [2.24, 2.45) is 0 Å². The van der Waals surface area contributed by atoms with Crippen LogP contribution in [-0.4, -0.2) is 20.0 Å². The minimum absolute atomic E-state index is 0.220. The number of carbonyl (C=O) groups excluding carboxylic acids is 1. The summed E-state index contributed by atoms with van der Waals surface area (Å²) in [7, 11) is 2.90. The Hall–Kier alpha value is -3.60. The van der Waals surface area contributed by atoms with Crippen molar-refractivity contribution >= 4 is 27.7 Å². The first-order valence-electron chi connectivity index (χ1n) is 8.36. The highest BCUT2D eigenvalue weighted by molar-refractivity contribution is 6.14. The average molecular weight is 360 g/mol. The van der Waals surface area contributed by atoms with Crippen LogP contribution in [0.1, 0.15) is 15.9 Å². The largest absolute Gasteiger partial charge is 0.492 e. The van der Waals surface area contributed by atoms with Gasteiger partial charge in [-0.3, -0.25) is 9.59 Å². The first-order valence-corrected chi connectivity index (χ1v) is 8.36. The molecule has 3 aromatic carbocycles. The van der Waals surface area contributed by atoms with Crippen LogP contribution in [-0.2, 0) is 0 Å². The third-order valence-corrected chi connectivity index (χ3v) is 4.47. The molecule has 134 valence electrons. The predicted molar refractivity (Wildman–Crippen MR) is 103 cm³/mol. The van der Waals surface area contributed by atoms with Crippen molar-refractivity contribution in [2.75, 3.05) is 14.2 Å². The van der Waals surface area contributed by atoms with Crippen LogP contribution in [0.5, 0.6) is 11.5 Å². The van der Waals surface area contributed by atoms with Gasteiger partial charge in [-0.15, -0.1) is 0 Å². The van der Waals surface area contributed by atoms with E-state index >= 15 is 0 Å². The molecule has 0 saturated carbocycles. The molecule has 4 aromatic rings. The van der Waals surface area contributed by atoms with E-state index in [9.17, 15) is 9.59 Å². The second kappa shape index (κ2) is 6.61. The summed E-state index contributed by atoms with van der Waals surface area (Å²) in [6.07, 6.45) is 0. The highest BCUT2D eigenvalue weighted by Gasteiger charge is 2.24. The normalized spacial score (nSPS) is 10.9. The molecule has 0 atom stereocenters. The number of ketones is 1. The fourth-order valence-corrected chi connectivity index (χ4v) is 3.19. The average Bonchev–Trinajstić information content (AvgIpc) is 2.73. The van der Waals surface area contributed by atoms with Gasteiger partial charge in [0.15, 0.2) is 17.1 Å².